The number of hydrogen-bond acceptors (Lipinski definition) is 5. The number of rotatable bonds is 6. The van der Waals surface area contributed by atoms with Crippen LogP contribution in [0.2, 0.25) is 0 Å². The van der Waals surface area contributed by atoms with Gasteiger partial charge in [0, 0.05) is 24.4 Å². The second kappa shape index (κ2) is 7.38. The molecule has 116 valence electrons. The lowest BCUT2D eigenvalue weighted by Gasteiger charge is -2.09. The van der Waals surface area contributed by atoms with Crippen molar-refractivity contribution in [3.8, 4) is 22.9 Å². The Morgan fingerprint density at radius 3 is 2.65 bits per heavy atom. The van der Waals surface area contributed by atoms with Crippen LogP contribution in [0.4, 0.5) is 0 Å². The van der Waals surface area contributed by atoms with Crippen molar-refractivity contribution in [1.29, 1.82) is 0 Å². The minimum absolute atomic E-state index is 0.199. The van der Waals surface area contributed by atoms with E-state index in [1.165, 1.54) is 0 Å². The maximum absolute atomic E-state index is 9.89. The lowest BCUT2D eigenvalue weighted by atomic mass is 10.1. The van der Waals surface area contributed by atoms with Crippen LogP contribution < -0.4 is 10.1 Å². The Morgan fingerprint density at radius 1 is 0.957 bits per heavy atom. The Balaban J connectivity index is 1.59. The largest absolute Gasteiger partial charge is 0.507 e. The lowest BCUT2D eigenvalue weighted by Crippen LogP contribution is -2.20. The SMILES string of the molecule is Oc1ccccc1-c1cccc(OCNCc2ccccn2)n1. The minimum Gasteiger partial charge on any atom is -0.507 e. The highest BCUT2D eigenvalue weighted by Gasteiger charge is 2.06. The highest BCUT2D eigenvalue weighted by Crippen LogP contribution is 2.27. The molecule has 0 unspecified atom stereocenters. The Hall–Kier alpha value is -2.92. The highest BCUT2D eigenvalue weighted by molar-refractivity contribution is 5.66. The van der Waals surface area contributed by atoms with Crippen molar-refractivity contribution in [2.45, 2.75) is 6.54 Å². The van der Waals surface area contributed by atoms with Gasteiger partial charge >= 0.3 is 0 Å². The number of aromatic nitrogens is 2. The summed E-state index contributed by atoms with van der Waals surface area (Å²) in [4.78, 5) is 8.64. The van der Waals surface area contributed by atoms with Crippen LogP contribution in [0.25, 0.3) is 11.3 Å². The number of nitrogens with one attached hydrogen (secondary N) is 1. The van der Waals surface area contributed by atoms with Crippen LogP contribution in [-0.4, -0.2) is 21.8 Å². The molecule has 0 aliphatic carbocycles. The Morgan fingerprint density at radius 2 is 1.83 bits per heavy atom. The molecule has 0 saturated heterocycles. The van der Waals surface area contributed by atoms with Gasteiger partial charge in [-0.1, -0.05) is 24.3 Å². The summed E-state index contributed by atoms with van der Waals surface area (Å²) < 4.78 is 5.60. The molecule has 0 radical (unpaired) electrons. The molecule has 0 atom stereocenters. The fraction of sp³-hybridized carbons (Fsp3) is 0.111. The molecule has 1 aromatic carbocycles. The minimum atomic E-state index is 0.199. The molecule has 2 heterocycles. The van der Waals surface area contributed by atoms with Crippen LogP contribution in [0.5, 0.6) is 11.6 Å². The molecule has 3 rings (SSSR count). The van der Waals surface area contributed by atoms with E-state index in [0.29, 0.717) is 30.4 Å². The fourth-order valence-corrected chi connectivity index (χ4v) is 2.14. The summed E-state index contributed by atoms with van der Waals surface area (Å²) in [6, 6.07) is 18.3. The molecule has 0 amide bonds. The first kappa shape index (κ1) is 15.0. The maximum Gasteiger partial charge on any atom is 0.215 e. The van der Waals surface area contributed by atoms with E-state index in [-0.39, 0.29) is 5.75 Å². The number of para-hydroxylation sites is 1. The number of pyridine rings is 2. The molecule has 5 heteroatoms. The van der Waals surface area contributed by atoms with Gasteiger partial charge < -0.3 is 9.84 Å². The van der Waals surface area contributed by atoms with E-state index in [9.17, 15) is 5.11 Å². The Labute approximate surface area is 134 Å². The predicted molar refractivity (Wildman–Crippen MR) is 87.9 cm³/mol. The normalized spacial score (nSPS) is 10.4. The number of aromatic hydroxyl groups is 1. The van der Waals surface area contributed by atoms with E-state index in [1.54, 1.807) is 24.4 Å². The van der Waals surface area contributed by atoms with Crippen molar-refractivity contribution in [1.82, 2.24) is 15.3 Å². The lowest BCUT2D eigenvalue weighted by molar-refractivity contribution is 0.271. The molecule has 2 N–H and O–H groups in total. The zero-order chi connectivity index (χ0) is 15.9. The molecule has 5 nitrogen and oxygen atoms in total. The highest BCUT2D eigenvalue weighted by atomic mass is 16.5. The van der Waals surface area contributed by atoms with Gasteiger partial charge in [-0.05, 0) is 30.3 Å². The summed E-state index contributed by atoms with van der Waals surface area (Å²) in [6.45, 7) is 0.952. The van der Waals surface area contributed by atoms with E-state index in [2.05, 4.69) is 15.3 Å². The third-order valence-electron chi connectivity index (χ3n) is 3.26. The number of ether oxygens (including phenoxy) is 1. The van der Waals surface area contributed by atoms with Gasteiger partial charge in [-0.25, -0.2) is 4.98 Å². The van der Waals surface area contributed by atoms with E-state index >= 15 is 0 Å². The molecule has 2 aromatic heterocycles. The predicted octanol–water partition coefficient (Wildman–Crippen LogP) is 2.98. The van der Waals surface area contributed by atoms with Crippen LogP contribution >= 0.6 is 0 Å². The van der Waals surface area contributed by atoms with Crippen LogP contribution in [-0.2, 0) is 6.54 Å². The molecular formula is C18H17N3O2. The summed E-state index contributed by atoms with van der Waals surface area (Å²) in [5, 5.41) is 13.0. The van der Waals surface area contributed by atoms with Crippen molar-refractivity contribution < 1.29 is 9.84 Å². The number of hydrogen-bond donors (Lipinski definition) is 2. The molecular weight excluding hydrogens is 290 g/mol. The number of benzene rings is 1. The molecule has 0 spiro atoms. The topological polar surface area (TPSA) is 67.3 Å². The average Bonchev–Trinajstić information content (AvgIpc) is 2.60. The molecule has 0 aliphatic rings. The first-order valence-corrected chi connectivity index (χ1v) is 7.32. The monoisotopic (exact) mass is 307 g/mol. The molecule has 0 bridgehead atoms. The number of nitrogens with zero attached hydrogens (tertiary/aromatic N) is 2. The fourth-order valence-electron chi connectivity index (χ4n) is 2.14. The van der Waals surface area contributed by atoms with E-state index in [0.717, 1.165) is 5.69 Å². The van der Waals surface area contributed by atoms with Crippen LogP contribution in [0.3, 0.4) is 0 Å². The van der Waals surface area contributed by atoms with Gasteiger partial charge in [-0.15, -0.1) is 0 Å². The standard InChI is InChI=1S/C18H17N3O2/c22-17-9-2-1-7-15(17)16-8-5-10-18(21-16)23-13-19-12-14-6-3-4-11-20-14/h1-11,19,22H,12-13H2. The zero-order valence-electron chi connectivity index (χ0n) is 12.5. The van der Waals surface area contributed by atoms with Crippen molar-refractivity contribution in [2.75, 3.05) is 6.73 Å². The summed E-state index contributed by atoms with van der Waals surface area (Å²) >= 11 is 0. The Bertz CT molecular complexity index is 763. The van der Waals surface area contributed by atoms with Crippen LogP contribution in [0, 0.1) is 0 Å². The molecule has 0 fully saturated rings. The van der Waals surface area contributed by atoms with Gasteiger partial charge in [-0.2, -0.15) is 0 Å². The third kappa shape index (κ3) is 4.05. The van der Waals surface area contributed by atoms with Crippen LogP contribution in [0.1, 0.15) is 5.69 Å². The second-order valence-corrected chi connectivity index (χ2v) is 4.91. The van der Waals surface area contributed by atoms with Crippen molar-refractivity contribution in [2.24, 2.45) is 0 Å². The maximum atomic E-state index is 9.89. The summed E-state index contributed by atoms with van der Waals surface area (Å²) in [6.07, 6.45) is 1.76. The molecule has 0 saturated carbocycles. The molecule has 0 aliphatic heterocycles. The van der Waals surface area contributed by atoms with E-state index in [1.807, 2.05) is 42.5 Å². The van der Waals surface area contributed by atoms with Crippen molar-refractivity contribution >= 4 is 0 Å². The zero-order valence-corrected chi connectivity index (χ0v) is 12.5. The summed E-state index contributed by atoms with van der Waals surface area (Å²) in [7, 11) is 0. The first-order chi connectivity index (χ1) is 11.3. The number of phenolic OH excluding ortho intramolecular Hbond substituents is 1. The summed E-state index contributed by atoms with van der Waals surface area (Å²) in [5.74, 6) is 0.699. The van der Waals surface area contributed by atoms with Gasteiger partial charge in [0.05, 0.1) is 11.4 Å². The molecule has 3 aromatic rings. The summed E-state index contributed by atoms with van der Waals surface area (Å²) in [5.41, 5.74) is 2.30. The van der Waals surface area contributed by atoms with E-state index in [4.69, 9.17) is 4.74 Å². The number of phenols is 1. The Kier molecular flexibility index (Phi) is 4.81. The van der Waals surface area contributed by atoms with E-state index < -0.39 is 0 Å². The third-order valence-corrected chi connectivity index (χ3v) is 3.26. The van der Waals surface area contributed by atoms with Crippen molar-refractivity contribution in [3.05, 3.63) is 72.6 Å². The first-order valence-electron chi connectivity index (χ1n) is 7.32. The van der Waals surface area contributed by atoms with Crippen molar-refractivity contribution in [3.63, 3.8) is 0 Å². The van der Waals surface area contributed by atoms with Gasteiger partial charge in [0.15, 0.2) is 0 Å². The van der Waals surface area contributed by atoms with Crippen LogP contribution in [0.15, 0.2) is 66.9 Å². The van der Waals surface area contributed by atoms with Gasteiger partial charge in [0.25, 0.3) is 0 Å². The smallest absolute Gasteiger partial charge is 0.215 e. The average molecular weight is 307 g/mol. The van der Waals surface area contributed by atoms with Gasteiger partial charge in [0.2, 0.25) is 5.88 Å². The second-order valence-electron chi connectivity index (χ2n) is 4.91. The van der Waals surface area contributed by atoms with Gasteiger partial charge in [0.1, 0.15) is 12.5 Å². The van der Waals surface area contributed by atoms with Gasteiger partial charge in [-0.3, -0.25) is 10.3 Å². The molecule has 23 heavy (non-hydrogen) atoms. The quantitative estimate of drug-likeness (QED) is 0.541.